The van der Waals surface area contributed by atoms with Gasteiger partial charge in [0.2, 0.25) is 0 Å². The fourth-order valence-corrected chi connectivity index (χ4v) is 3.46. The number of ether oxygens (including phenoxy) is 1. The van der Waals surface area contributed by atoms with Gasteiger partial charge in [-0.25, -0.2) is 0 Å². The summed E-state index contributed by atoms with van der Waals surface area (Å²) in [5, 5.41) is 0. The third-order valence-corrected chi connectivity index (χ3v) is 5.50. The molecule has 0 aromatic carbocycles. The zero-order valence-electron chi connectivity index (χ0n) is 10.7. The van der Waals surface area contributed by atoms with Gasteiger partial charge in [-0.15, -0.1) is 0 Å². The monoisotopic (exact) mass is 236 g/mol. The normalized spacial score (nSPS) is 14.6. The van der Waals surface area contributed by atoms with Crippen LogP contribution in [0.5, 0.6) is 0 Å². The van der Waals surface area contributed by atoms with Crippen LogP contribution in [0.3, 0.4) is 0 Å². The van der Waals surface area contributed by atoms with Gasteiger partial charge in [0.25, 0.3) is 0 Å². The van der Waals surface area contributed by atoms with E-state index in [-0.39, 0.29) is 11.8 Å². The van der Waals surface area contributed by atoms with E-state index in [0.717, 1.165) is 12.8 Å². The van der Waals surface area contributed by atoms with Gasteiger partial charge in [-0.05, 0) is 19.8 Å². The summed E-state index contributed by atoms with van der Waals surface area (Å²) in [6.45, 7) is 6.16. The first-order valence-corrected chi connectivity index (χ1v) is 7.21. The van der Waals surface area contributed by atoms with Gasteiger partial charge in [0, 0.05) is 21.3 Å². The van der Waals surface area contributed by atoms with E-state index in [2.05, 4.69) is 13.8 Å². The summed E-state index contributed by atoms with van der Waals surface area (Å²) >= 11 is 0. The predicted octanol–water partition coefficient (Wildman–Crippen LogP) is 2.00. The molecule has 0 rings (SSSR count). The first-order chi connectivity index (χ1) is 7.10. The molecular formula is C10H24O4Si. The highest BCUT2D eigenvalue weighted by Gasteiger charge is 2.46. The molecule has 4 nitrogen and oxygen atoms in total. The molecule has 1 atom stereocenters. The topological polar surface area (TPSA) is 36.9 Å². The Hall–Kier alpha value is 0.0569. The Morgan fingerprint density at radius 3 is 1.60 bits per heavy atom. The van der Waals surface area contributed by atoms with Crippen LogP contribution in [0.15, 0.2) is 0 Å². The molecule has 0 fully saturated rings. The van der Waals surface area contributed by atoms with Crippen LogP contribution in [-0.2, 0) is 18.0 Å². The van der Waals surface area contributed by atoms with E-state index >= 15 is 0 Å². The molecule has 0 aromatic rings. The van der Waals surface area contributed by atoms with Gasteiger partial charge in [-0.2, -0.15) is 0 Å². The number of hydrogen-bond donors (Lipinski definition) is 0. The van der Waals surface area contributed by atoms with Gasteiger partial charge in [0.05, 0.1) is 6.10 Å². The van der Waals surface area contributed by atoms with Crippen molar-refractivity contribution in [3.63, 3.8) is 0 Å². The molecule has 0 saturated heterocycles. The minimum absolute atomic E-state index is 0.137. The quantitative estimate of drug-likeness (QED) is 0.604. The lowest BCUT2D eigenvalue weighted by Gasteiger charge is -2.32. The lowest BCUT2D eigenvalue weighted by Crippen LogP contribution is -2.55. The summed E-state index contributed by atoms with van der Waals surface area (Å²) < 4.78 is 21.9. The average molecular weight is 236 g/mol. The smallest absolute Gasteiger partial charge is 0.375 e. The highest BCUT2D eigenvalue weighted by Crippen LogP contribution is 2.18. The molecule has 0 aliphatic carbocycles. The van der Waals surface area contributed by atoms with Gasteiger partial charge >= 0.3 is 8.80 Å². The van der Waals surface area contributed by atoms with Crippen LogP contribution in [0.1, 0.15) is 33.6 Å². The molecule has 0 aromatic heterocycles. The van der Waals surface area contributed by atoms with Crippen molar-refractivity contribution in [3.05, 3.63) is 0 Å². The molecule has 15 heavy (non-hydrogen) atoms. The lowest BCUT2D eigenvalue weighted by atomic mass is 10.2. The zero-order valence-corrected chi connectivity index (χ0v) is 11.7. The molecule has 0 N–H and O–H groups in total. The molecule has 0 aliphatic rings. The maximum Gasteiger partial charge on any atom is 0.530 e. The first kappa shape index (κ1) is 15.1. The minimum atomic E-state index is -2.64. The summed E-state index contributed by atoms with van der Waals surface area (Å²) in [6, 6.07) is 0. The Kier molecular flexibility index (Phi) is 7.38. The highest BCUT2D eigenvalue weighted by molar-refractivity contribution is 6.61. The van der Waals surface area contributed by atoms with Crippen LogP contribution in [0.2, 0.25) is 0 Å². The van der Waals surface area contributed by atoms with Crippen LogP contribution >= 0.6 is 0 Å². The molecule has 5 heteroatoms. The van der Waals surface area contributed by atoms with E-state index in [1.807, 2.05) is 6.92 Å². The van der Waals surface area contributed by atoms with Crippen LogP contribution in [0.25, 0.3) is 0 Å². The largest absolute Gasteiger partial charge is 0.530 e. The minimum Gasteiger partial charge on any atom is -0.375 e. The molecule has 0 saturated carbocycles. The summed E-state index contributed by atoms with van der Waals surface area (Å²) in [7, 11) is 2.17. The zero-order chi connectivity index (χ0) is 11.9. The van der Waals surface area contributed by atoms with Crippen LogP contribution in [-0.4, -0.2) is 42.0 Å². The molecule has 92 valence electrons. The maximum atomic E-state index is 5.87. The van der Waals surface area contributed by atoms with Gasteiger partial charge in [0.1, 0.15) is 5.73 Å². The van der Waals surface area contributed by atoms with Crippen LogP contribution in [0.4, 0.5) is 0 Å². The average Bonchev–Trinajstić information content (AvgIpc) is 2.29. The Morgan fingerprint density at radius 2 is 1.33 bits per heavy atom. The molecule has 0 radical (unpaired) electrons. The van der Waals surface area contributed by atoms with E-state index in [9.17, 15) is 0 Å². The summed E-state index contributed by atoms with van der Waals surface area (Å²) in [4.78, 5) is 0. The Bertz CT molecular complexity index is 149. The lowest BCUT2D eigenvalue weighted by molar-refractivity contribution is -0.0226. The van der Waals surface area contributed by atoms with Gasteiger partial charge in [-0.3, -0.25) is 0 Å². The van der Waals surface area contributed by atoms with Crippen molar-refractivity contribution in [3.8, 4) is 0 Å². The second-order valence-corrected chi connectivity index (χ2v) is 6.68. The molecular weight excluding hydrogens is 212 g/mol. The van der Waals surface area contributed by atoms with Crippen LogP contribution in [0, 0.1) is 0 Å². The summed E-state index contributed by atoms with van der Waals surface area (Å²) in [5.74, 6) is 0. The van der Waals surface area contributed by atoms with Crippen molar-refractivity contribution >= 4 is 8.80 Å². The Morgan fingerprint density at radius 1 is 0.933 bits per heavy atom. The second kappa shape index (κ2) is 7.35. The van der Waals surface area contributed by atoms with Gasteiger partial charge in [-0.1, -0.05) is 13.8 Å². The molecule has 0 aliphatic heterocycles. The third kappa shape index (κ3) is 3.84. The predicted molar refractivity (Wildman–Crippen MR) is 61.7 cm³/mol. The molecule has 0 heterocycles. The van der Waals surface area contributed by atoms with E-state index in [4.69, 9.17) is 18.0 Å². The van der Waals surface area contributed by atoms with E-state index < -0.39 is 8.80 Å². The number of rotatable bonds is 8. The fourth-order valence-electron chi connectivity index (χ4n) is 1.60. The third-order valence-electron chi connectivity index (χ3n) is 2.66. The first-order valence-electron chi connectivity index (χ1n) is 5.41. The van der Waals surface area contributed by atoms with Gasteiger partial charge in [0.15, 0.2) is 0 Å². The number of hydrogen-bond acceptors (Lipinski definition) is 4. The highest BCUT2D eigenvalue weighted by atomic mass is 28.4. The molecule has 1 unspecified atom stereocenters. The molecule has 0 bridgehead atoms. The maximum absolute atomic E-state index is 5.87. The summed E-state index contributed by atoms with van der Waals surface area (Å²) in [5.41, 5.74) is -0.137. The second-order valence-electron chi connectivity index (χ2n) is 3.43. The Labute approximate surface area is 94.2 Å². The molecule has 0 spiro atoms. The van der Waals surface area contributed by atoms with Crippen molar-refractivity contribution in [2.45, 2.75) is 45.4 Å². The van der Waals surface area contributed by atoms with E-state index in [1.54, 1.807) is 21.3 Å². The standard InChI is InChI=1S/C10H24O4Si/c1-7-10(8-2)14-9(3)15(11-4,12-5)13-6/h9-10H,7-8H2,1-6H3. The van der Waals surface area contributed by atoms with Crippen molar-refractivity contribution in [1.29, 1.82) is 0 Å². The van der Waals surface area contributed by atoms with Crippen molar-refractivity contribution in [2.75, 3.05) is 21.3 Å². The van der Waals surface area contributed by atoms with Crippen LogP contribution < -0.4 is 0 Å². The summed E-state index contributed by atoms with van der Waals surface area (Å²) in [6.07, 6.45) is 2.22. The molecule has 0 amide bonds. The van der Waals surface area contributed by atoms with E-state index in [0.29, 0.717) is 0 Å². The van der Waals surface area contributed by atoms with Crippen molar-refractivity contribution in [1.82, 2.24) is 0 Å². The SMILES string of the molecule is CCC(CC)OC(C)[Si](OC)(OC)OC. The van der Waals surface area contributed by atoms with E-state index in [1.165, 1.54) is 0 Å². The Balaban J connectivity index is 4.43. The van der Waals surface area contributed by atoms with Crippen molar-refractivity contribution in [2.24, 2.45) is 0 Å². The van der Waals surface area contributed by atoms with Crippen molar-refractivity contribution < 1.29 is 18.0 Å². The fraction of sp³-hybridized carbons (Fsp3) is 1.00. The van der Waals surface area contributed by atoms with Gasteiger partial charge < -0.3 is 18.0 Å².